The van der Waals surface area contributed by atoms with Crippen LogP contribution in [0.4, 0.5) is 27.6 Å². The van der Waals surface area contributed by atoms with E-state index in [9.17, 15) is 36.9 Å². The molecule has 1 aromatic rings. The average Bonchev–Trinajstić information content (AvgIpc) is 2.17. The molecule has 0 aliphatic heterocycles. The molecule has 0 aliphatic carbocycles. The van der Waals surface area contributed by atoms with Crippen LogP contribution in [0, 0.1) is 10.1 Å². The zero-order valence-electron chi connectivity index (χ0n) is 8.12. The lowest BCUT2D eigenvalue weighted by Crippen LogP contribution is -2.24. The van der Waals surface area contributed by atoms with Crippen molar-refractivity contribution in [2.45, 2.75) is 12.8 Å². The topological polar surface area (TPSA) is 85.2 Å². The number of nitrogens with one attached hydrogen (secondary N) is 1. The third-order valence-electron chi connectivity index (χ3n) is 1.68. The average molecular weight is 274 g/mol. The molecule has 0 saturated heterocycles. The van der Waals surface area contributed by atoms with E-state index in [1.807, 2.05) is 0 Å². The summed E-state index contributed by atoms with van der Waals surface area (Å²) in [5.74, 6) is -1.49. The molecule has 0 radical (unpaired) electrons. The first-order valence-electron chi connectivity index (χ1n) is 4.07. The standard InChI is InChI=1S/C7H3F5N2O4/c8-6(9)3-4(14(16)17)5(15)2(1-13-3)18-7(10,11)12/h1,6H,(H,13,15). The van der Waals surface area contributed by atoms with Gasteiger partial charge in [-0.25, -0.2) is 8.78 Å². The summed E-state index contributed by atoms with van der Waals surface area (Å²) < 4.78 is 63.2. The molecule has 1 N–H and O–H groups in total. The van der Waals surface area contributed by atoms with E-state index in [-0.39, 0.29) is 6.20 Å². The van der Waals surface area contributed by atoms with Gasteiger partial charge in [-0.05, 0) is 0 Å². The van der Waals surface area contributed by atoms with E-state index < -0.39 is 40.3 Å². The maximum atomic E-state index is 12.3. The summed E-state index contributed by atoms with van der Waals surface area (Å²) in [4.78, 5) is 21.6. The number of hydrogen-bond donors (Lipinski definition) is 1. The molecule has 0 saturated carbocycles. The van der Waals surface area contributed by atoms with Gasteiger partial charge in [-0.2, -0.15) is 0 Å². The summed E-state index contributed by atoms with van der Waals surface area (Å²) in [5.41, 5.74) is -4.96. The molecule has 0 unspecified atom stereocenters. The Morgan fingerprint density at radius 3 is 2.33 bits per heavy atom. The Kier molecular flexibility index (Phi) is 3.53. The lowest BCUT2D eigenvalue weighted by molar-refractivity contribution is -0.388. The van der Waals surface area contributed by atoms with E-state index in [1.54, 1.807) is 0 Å². The lowest BCUT2D eigenvalue weighted by Gasteiger charge is -2.08. The van der Waals surface area contributed by atoms with Crippen LogP contribution in [0.3, 0.4) is 0 Å². The van der Waals surface area contributed by atoms with Gasteiger partial charge in [0, 0.05) is 6.20 Å². The van der Waals surface area contributed by atoms with Gasteiger partial charge in [0.25, 0.3) is 6.43 Å². The number of H-pyrrole nitrogens is 1. The number of pyridine rings is 1. The van der Waals surface area contributed by atoms with Crippen molar-refractivity contribution < 1.29 is 31.6 Å². The highest BCUT2D eigenvalue weighted by Crippen LogP contribution is 2.27. The quantitative estimate of drug-likeness (QED) is 0.519. The summed E-state index contributed by atoms with van der Waals surface area (Å²) in [6.45, 7) is 0. The second-order valence-electron chi connectivity index (χ2n) is 2.85. The highest BCUT2D eigenvalue weighted by Gasteiger charge is 2.35. The van der Waals surface area contributed by atoms with Crippen molar-refractivity contribution in [1.82, 2.24) is 4.98 Å². The Labute approximate surface area is 94.1 Å². The molecule has 18 heavy (non-hydrogen) atoms. The number of aromatic nitrogens is 1. The van der Waals surface area contributed by atoms with Crippen LogP contribution in [0.1, 0.15) is 12.1 Å². The minimum Gasteiger partial charge on any atom is -0.400 e. The van der Waals surface area contributed by atoms with E-state index in [2.05, 4.69) is 4.74 Å². The molecule has 0 bridgehead atoms. The molecule has 0 fully saturated rings. The molecule has 1 heterocycles. The van der Waals surface area contributed by atoms with Crippen LogP contribution in [-0.4, -0.2) is 16.3 Å². The van der Waals surface area contributed by atoms with E-state index in [1.165, 1.54) is 4.98 Å². The Morgan fingerprint density at radius 2 is 1.94 bits per heavy atom. The smallest absolute Gasteiger partial charge is 0.400 e. The molecular formula is C7H3F5N2O4. The Morgan fingerprint density at radius 1 is 1.39 bits per heavy atom. The number of nitro groups is 1. The molecule has 0 aliphatic rings. The number of alkyl halides is 5. The summed E-state index contributed by atoms with van der Waals surface area (Å²) in [6.07, 6.45) is -8.50. The highest BCUT2D eigenvalue weighted by molar-refractivity contribution is 5.41. The summed E-state index contributed by atoms with van der Waals surface area (Å²) >= 11 is 0. The minimum absolute atomic E-state index is 0.185. The number of ether oxygens (including phenoxy) is 1. The SMILES string of the molecule is O=c1c(OC(F)(F)F)c[nH]c(C(F)F)c1[N+](=O)[O-]. The Hall–Kier alpha value is -2.20. The molecular weight excluding hydrogens is 271 g/mol. The second kappa shape index (κ2) is 4.58. The van der Waals surface area contributed by atoms with Crippen LogP contribution in [0.5, 0.6) is 5.75 Å². The molecule has 0 aromatic carbocycles. The zero-order valence-corrected chi connectivity index (χ0v) is 8.12. The van der Waals surface area contributed by atoms with Crippen molar-refractivity contribution in [2.75, 3.05) is 0 Å². The van der Waals surface area contributed by atoms with Gasteiger partial charge in [-0.15, -0.1) is 13.2 Å². The van der Waals surface area contributed by atoms with Crippen molar-refractivity contribution in [3.8, 4) is 5.75 Å². The number of hydrogen-bond acceptors (Lipinski definition) is 4. The van der Waals surface area contributed by atoms with Gasteiger partial charge in [0.05, 0.1) is 4.92 Å². The van der Waals surface area contributed by atoms with Gasteiger partial charge in [0.15, 0.2) is 11.4 Å². The molecule has 1 aromatic heterocycles. The minimum atomic E-state index is -5.27. The summed E-state index contributed by atoms with van der Waals surface area (Å²) in [6, 6.07) is 0. The fourth-order valence-electron chi connectivity index (χ4n) is 1.06. The summed E-state index contributed by atoms with van der Waals surface area (Å²) in [5, 5.41) is 10.4. The summed E-state index contributed by atoms with van der Waals surface area (Å²) in [7, 11) is 0. The van der Waals surface area contributed by atoms with Crippen molar-refractivity contribution >= 4 is 5.69 Å². The molecule has 0 amide bonds. The number of aromatic amines is 1. The second-order valence-corrected chi connectivity index (χ2v) is 2.85. The van der Waals surface area contributed by atoms with Crippen LogP contribution in [0.25, 0.3) is 0 Å². The Bertz CT molecular complexity index is 524. The van der Waals surface area contributed by atoms with Crippen LogP contribution in [-0.2, 0) is 0 Å². The molecule has 100 valence electrons. The van der Waals surface area contributed by atoms with Crippen LogP contribution < -0.4 is 10.2 Å². The van der Waals surface area contributed by atoms with Gasteiger partial charge in [-0.3, -0.25) is 14.9 Å². The third-order valence-corrected chi connectivity index (χ3v) is 1.68. The zero-order chi connectivity index (χ0) is 14.1. The van der Waals surface area contributed by atoms with Gasteiger partial charge < -0.3 is 9.72 Å². The van der Waals surface area contributed by atoms with E-state index >= 15 is 0 Å². The predicted molar refractivity (Wildman–Crippen MR) is 45.4 cm³/mol. The first-order valence-corrected chi connectivity index (χ1v) is 4.07. The van der Waals surface area contributed by atoms with E-state index in [0.717, 1.165) is 0 Å². The molecule has 11 heteroatoms. The first-order chi connectivity index (χ1) is 8.13. The third kappa shape index (κ3) is 2.93. The van der Waals surface area contributed by atoms with Gasteiger partial charge in [0.2, 0.25) is 0 Å². The monoisotopic (exact) mass is 274 g/mol. The van der Waals surface area contributed by atoms with Gasteiger partial charge in [-0.1, -0.05) is 0 Å². The maximum Gasteiger partial charge on any atom is 0.573 e. The fourth-order valence-corrected chi connectivity index (χ4v) is 1.06. The maximum absolute atomic E-state index is 12.3. The van der Waals surface area contributed by atoms with E-state index in [4.69, 9.17) is 0 Å². The fraction of sp³-hybridized carbons (Fsp3) is 0.286. The van der Waals surface area contributed by atoms with Crippen molar-refractivity contribution in [1.29, 1.82) is 0 Å². The van der Waals surface area contributed by atoms with Crippen molar-refractivity contribution in [3.63, 3.8) is 0 Å². The molecule has 1 rings (SSSR count). The Balaban J connectivity index is 3.41. The van der Waals surface area contributed by atoms with Crippen LogP contribution in [0.2, 0.25) is 0 Å². The highest BCUT2D eigenvalue weighted by atomic mass is 19.4. The van der Waals surface area contributed by atoms with Gasteiger partial charge in [0.1, 0.15) is 0 Å². The largest absolute Gasteiger partial charge is 0.573 e. The molecule has 6 nitrogen and oxygen atoms in total. The molecule has 0 spiro atoms. The van der Waals surface area contributed by atoms with Gasteiger partial charge >= 0.3 is 17.5 Å². The number of rotatable bonds is 3. The van der Waals surface area contributed by atoms with Crippen molar-refractivity contribution in [2.24, 2.45) is 0 Å². The van der Waals surface area contributed by atoms with Crippen LogP contribution in [0.15, 0.2) is 11.0 Å². The van der Waals surface area contributed by atoms with Crippen molar-refractivity contribution in [3.05, 3.63) is 32.2 Å². The lowest BCUT2D eigenvalue weighted by atomic mass is 10.3. The number of halogens is 5. The normalized spacial score (nSPS) is 11.7. The number of nitrogens with zero attached hydrogens (tertiary/aromatic N) is 1. The predicted octanol–water partition coefficient (Wildman–Crippen LogP) is 2.12. The van der Waals surface area contributed by atoms with Crippen LogP contribution >= 0.6 is 0 Å². The molecule has 0 atom stereocenters. The van der Waals surface area contributed by atoms with E-state index in [0.29, 0.717) is 0 Å². The first kappa shape index (κ1) is 13.9.